The molecule has 0 radical (unpaired) electrons. The number of alkyl halides is 3. The van der Waals surface area contributed by atoms with Crippen molar-refractivity contribution in [3.05, 3.63) is 23.8 Å². The maximum absolute atomic E-state index is 13.0. The summed E-state index contributed by atoms with van der Waals surface area (Å²) in [6.45, 7) is 7.94. The van der Waals surface area contributed by atoms with Crippen LogP contribution in [0.2, 0.25) is 0 Å². The molecule has 0 unspecified atom stereocenters. The van der Waals surface area contributed by atoms with E-state index in [2.05, 4.69) is 0 Å². The smallest absolute Gasteiger partial charge is 0.485 e. The molecular formula is C19H25F3N2O5S. The summed E-state index contributed by atoms with van der Waals surface area (Å²) in [6, 6.07) is 1.91. The lowest BCUT2D eigenvalue weighted by Gasteiger charge is -2.48. The van der Waals surface area contributed by atoms with Crippen LogP contribution in [-0.2, 0) is 14.6 Å². The fourth-order valence-electron chi connectivity index (χ4n) is 3.82. The molecule has 30 heavy (non-hydrogen) atoms. The Morgan fingerprint density at radius 3 is 2.40 bits per heavy atom. The van der Waals surface area contributed by atoms with Gasteiger partial charge in [-0.05, 0) is 45.9 Å². The van der Waals surface area contributed by atoms with Gasteiger partial charge in [-0.1, -0.05) is 0 Å². The molecule has 2 aliphatic heterocycles. The number of halogens is 3. The molecule has 3 rings (SSSR count). The van der Waals surface area contributed by atoms with Crippen LogP contribution in [-0.4, -0.2) is 72.1 Å². The Hall–Kier alpha value is -1.85. The normalized spacial score (nSPS) is 25.2. The standard InChI is InChI=1S/C19H25F3N2O5S/c1-11(2)23-7-8-24(15(25)10-23)16-13-9-12(30(27,28)19(20,21)22)5-6-14(13)29-18(3,4)17(16)26/h5-6,9,11,16-17,26H,7-8,10H2,1-4H3/t16-,17+/m1/s1. The zero-order valence-electron chi connectivity index (χ0n) is 17.1. The highest BCUT2D eigenvalue weighted by atomic mass is 32.2. The number of ether oxygens (including phenoxy) is 1. The van der Waals surface area contributed by atoms with Crippen molar-refractivity contribution in [1.29, 1.82) is 0 Å². The number of sulfone groups is 1. The Labute approximate surface area is 173 Å². The molecule has 1 aromatic carbocycles. The van der Waals surface area contributed by atoms with Crippen molar-refractivity contribution in [3.8, 4) is 5.75 Å². The van der Waals surface area contributed by atoms with Gasteiger partial charge < -0.3 is 14.7 Å². The summed E-state index contributed by atoms with van der Waals surface area (Å²) in [6.07, 6.45) is -1.27. The van der Waals surface area contributed by atoms with Gasteiger partial charge in [0.05, 0.1) is 17.5 Å². The minimum Gasteiger partial charge on any atom is -0.485 e. The average Bonchev–Trinajstić information content (AvgIpc) is 2.61. The van der Waals surface area contributed by atoms with Crippen LogP contribution in [0.1, 0.15) is 39.3 Å². The van der Waals surface area contributed by atoms with Crippen molar-refractivity contribution in [3.63, 3.8) is 0 Å². The molecule has 7 nitrogen and oxygen atoms in total. The summed E-state index contributed by atoms with van der Waals surface area (Å²) >= 11 is 0. The molecule has 11 heteroatoms. The van der Waals surface area contributed by atoms with E-state index in [1.807, 2.05) is 18.7 Å². The summed E-state index contributed by atoms with van der Waals surface area (Å²) in [7, 11) is -5.59. The third-order valence-corrected chi connectivity index (χ3v) is 7.14. The molecular weight excluding hydrogens is 425 g/mol. The summed E-state index contributed by atoms with van der Waals surface area (Å²) in [5.74, 6) is -0.165. The molecule has 2 atom stereocenters. The average molecular weight is 450 g/mol. The van der Waals surface area contributed by atoms with Gasteiger partial charge in [-0.2, -0.15) is 13.2 Å². The van der Waals surface area contributed by atoms with E-state index >= 15 is 0 Å². The second-order valence-corrected chi connectivity index (χ2v) is 10.3. The van der Waals surface area contributed by atoms with E-state index in [4.69, 9.17) is 4.74 Å². The van der Waals surface area contributed by atoms with E-state index in [0.29, 0.717) is 6.54 Å². The second kappa shape index (κ2) is 7.38. The minimum atomic E-state index is -5.59. The Kier molecular flexibility index (Phi) is 5.62. The molecule has 2 heterocycles. The maximum atomic E-state index is 13.0. The topological polar surface area (TPSA) is 87.2 Å². The van der Waals surface area contributed by atoms with Crippen molar-refractivity contribution in [2.45, 2.75) is 61.9 Å². The largest absolute Gasteiger partial charge is 0.501 e. The van der Waals surface area contributed by atoms with Gasteiger partial charge in [0.1, 0.15) is 17.5 Å². The van der Waals surface area contributed by atoms with Crippen molar-refractivity contribution < 1.29 is 36.2 Å². The van der Waals surface area contributed by atoms with Crippen LogP contribution >= 0.6 is 0 Å². The van der Waals surface area contributed by atoms with Gasteiger partial charge >= 0.3 is 5.51 Å². The zero-order valence-corrected chi connectivity index (χ0v) is 17.9. The number of carbonyl (C=O) groups is 1. The van der Waals surface area contributed by atoms with Crippen molar-refractivity contribution in [1.82, 2.24) is 9.80 Å². The van der Waals surface area contributed by atoms with Crippen LogP contribution in [0.25, 0.3) is 0 Å². The van der Waals surface area contributed by atoms with Crippen molar-refractivity contribution in [2.75, 3.05) is 19.6 Å². The first-order valence-corrected chi connectivity index (χ1v) is 11.0. The molecule has 0 aromatic heterocycles. The molecule has 0 aliphatic carbocycles. The lowest BCUT2D eigenvalue weighted by Crippen LogP contribution is -2.59. The molecule has 1 N–H and O–H groups in total. The van der Waals surface area contributed by atoms with Gasteiger partial charge in [-0.15, -0.1) is 0 Å². The van der Waals surface area contributed by atoms with Crippen LogP contribution in [0, 0.1) is 0 Å². The quantitative estimate of drug-likeness (QED) is 0.759. The second-order valence-electron chi connectivity index (χ2n) is 8.40. The highest BCUT2D eigenvalue weighted by Crippen LogP contribution is 2.45. The molecule has 0 spiro atoms. The van der Waals surface area contributed by atoms with Crippen LogP contribution in [0.4, 0.5) is 13.2 Å². The van der Waals surface area contributed by atoms with Gasteiger partial charge in [0, 0.05) is 24.7 Å². The number of fused-ring (bicyclic) bond motifs is 1. The Morgan fingerprint density at radius 1 is 1.23 bits per heavy atom. The summed E-state index contributed by atoms with van der Waals surface area (Å²) in [5, 5.41) is 10.9. The summed E-state index contributed by atoms with van der Waals surface area (Å²) < 4.78 is 68.7. The van der Waals surface area contributed by atoms with E-state index in [-0.39, 0.29) is 36.4 Å². The third kappa shape index (κ3) is 3.78. The van der Waals surface area contributed by atoms with Gasteiger partial charge in [-0.3, -0.25) is 9.69 Å². The number of carbonyl (C=O) groups excluding carboxylic acids is 1. The highest BCUT2D eigenvalue weighted by Gasteiger charge is 2.50. The van der Waals surface area contributed by atoms with Gasteiger partial charge in [-0.25, -0.2) is 8.42 Å². The van der Waals surface area contributed by atoms with Crippen LogP contribution in [0.3, 0.4) is 0 Å². The van der Waals surface area contributed by atoms with E-state index in [9.17, 15) is 31.5 Å². The van der Waals surface area contributed by atoms with Gasteiger partial charge in [0.2, 0.25) is 5.91 Å². The highest BCUT2D eigenvalue weighted by molar-refractivity contribution is 7.92. The van der Waals surface area contributed by atoms with E-state index in [1.54, 1.807) is 13.8 Å². The number of rotatable bonds is 3. The first-order chi connectivity index (χ1) is 13.7. The van der Waals surface area contributed by atoms with E-state index in [0.717, 1.165) is 18.2 Å². The molecule has 1 saturated heterocycles. The number of benzene rings is 1. The Morgan fingerprint density at radius 2 is 1.87 bits per heavy atom. The first kappa shape index (κ1) is 22.8. The molecule has 0 saturated carbocycles. The van der Waals surface area contributed by atoms with Gasteiger partial charge in [0.25, 0.3) is 9.84 Å². The molecule has 1 fully saturated rings. The minimum absolute atomic E-state index is 0.0403. The number of piperazine rings is 1. The fraction of sp³-hybridized carbons (Fsp3) is 0.632. The molecule has 0 bridgehead atoms. The Bertz CT molecular complexity index is 946. The summed E-state index contributed by atoms with van der Waals surface area (Å²) in [4.78, 5) is 15.2. The lowest BCUT2D eigenvalue weighted by molar-refractivity contribution is -0.151. The lowest BCUT2D eigenvalue weighted by atomic mass is 9.85. The number of nitrogens with zero attached hydrogens (tertiary/aromatic N) is 2. The van der Waals surface area contributed by atoms with Crippen molar-refractivity contribution in [2.24, 2.45) is 0 Å². The van der Waals surface area contributed by atoms with Crippen LogP contribution in [0.5, 0.6) is 5.75 Å². The number of aliphatic hydroxyl groups is 1. The van der Waals surface area contributed by atoms with Gasteiger partial charge in [0.15, 0.2) is 0 Å². The van der Waals surface area contributed by atoms with E-state index < -0.39 is 38.0 Å². The SMILES string of the molecule is CC(C)N1CCN([C@@H]2c3cc(S(=O)(=O)C(F)(F)F)ccc3OC(C)(C)[C@H]2O)C(=O)C1. The number of hydrogen-bond acceptors (Lipinski definition) is 6. The first-order valence-electron chi connectivity index (χ1n) is 9.52. The van der Waals surface area contributed by atoms with Crippen LogP contribution in [0.15, 0.2) is 23.1 Å². The predicted octanol–water partition coefficient (Wildman–Crippen LogP) is 2.11. The third-order valence-electron chi connectivity index (χ3n) is 5.65. The number of hydrogen-bond donors (Lipinski definition) is 1. The predicted molar refractivity (Wildman–Crippen MR) is 102 cm³/mol. The Balaban J connectivity index is 2.09. The zero-order chi connectivity index (χ0) is 22.6. The van der Waals surface area contributed by atoms with Crippen LogP contribution < -0.4 is 4.74 Å². The van der Waals surface area contributed by atoms with E-state index in [1.165, 1.54) is 4.90 Å². The molecule has 1 amide bonds. The number of amides is 1. The summed E-state index contributed by atoms with van der Waals surface area (Å²) in [5.41, 5.74) is -6.57. The molecule has 168 valence electrons. The van der Waals surface area contributed by atoms with Crippen molar-refractivity contribution >= 4 is 15.7 Å². The fourth-order valence-corrected chi connectivity index (χ4v) is 4.62. The molecule has 2 aliphatic rings. The number of aliphatic hydroxyl groups excluding tert-OH is 1. The molecule has 1 aromatic rings. The maximum Gasteiger partial charge on any atom is 0.501 e. The monoisotopic (exact) mass is 450 g/mol.